The zero-order chi connectivity index (χ0) is 20.0. The van der Waals surface area contributed by atoms with Gasteiger partial charge in [0.2, 0.25) is 0 Å². The van der Waals surface area contributed by atoms with Gasteiger partial charge in [0.15, 0.2) is 0 Å². The Balaban J connectivity index is 2.36. The lowest BCUT2D eigenvalue weighted by Gasteiger charge is -2.16. The first-order chi connectivity index (χ1) is 13.0. The van der Waals surface area contributed by atoms with Gasteiger partial charge in [0.25, 0.3) is 5.56 Å². The van der Waals surface area contributed by atoms with Crippen LogP contribution in [0.4, 0.5) is 0 Å². The molecular weight excluding hydrogens is 372 g/mol. The maximum Gasteiger partial charge on any atom is 0.348 e. The van der Waals surface area contributed by atoms with Gasteiger partial charge in [-0.05, 0) is 32.8 Å². The molecule has 8 nitrogen and oxygen atoms in total. The van der Waals surface area contributed by atoms with E-state index in [-0.39, 0.29) is 18.8 Å². The fourth-order valence-corrected chi connectivity index (χ4v) is 3.70. The Labute approximate surface area is 161 Å². The van der Waals surface area contributed by atoms with Crippen LogP contribution in [0.25, 0.3) is 10.2 Å². The average Bonchev–Trinajstić information content (AvgIpc) is 2.99. The molecule has 148 valence electrons. The van der Waals surface area contributed by atoms with Crippen molar-refractivity contribution in [1.29, 1.82) is 0 Å². The van der Waals surface area contributed by atoms with Crippen molar-refractivity contribution in [2.45, 2.75) is 40.2 Å². The molecule has 0 amide bonds. The van der Waals surface area contributed by atoms with Gasteiger partial charge in [-0.25, -0.2) is 14.6 Å². The fourth-order valence-electron chi connectivity index (χ4n) is 2.67. The highest BCUT2D eigenvalue weighted by molar-refractivity contribution is 7.20. The third-order valence-electron chi connectivity index (χ3n) is 4.01. The smallest absolute Gasteiger partial charge is 0.348 e. The van der Waals surface area contributed by atoms with Gasteiger partial charge in [0, 0.05) is 6.61 Å². The molecule has 1 atom stereocenters. The molecule has 0 aliphatic rings. The molecule has 0 saturated carbocycles. The highest BCUT2D eigenvalue weighted by Crippen LogP contribution is 2.28. The summed E-state index contributed by atoms with van der Waals surface area (Å²) in [6.45, 7) is 8.25. The van der Waals surface area contributed by atoms with Gasteiger partial charge >= 0.3 is 11.9 Å². The largest absolute Gasteiger partial charge is 0.462 e. The molecule has 2 heterocycles. The van der Waals surface area contributed by atoms with Crippen LogP contribution in [-0.4, -0.2) is 47.9 Å². The van der Waals surface area contributed by atoms with Gasteiger partial charge in [0.1, 0.15) is 22.4 Å². The number of hydrogen-bond donors (Lipinski definition) is 0. The molecule has 0 aliphatic carbocycles. The van der Waals surface area contributed by atoms with Crippen molar-refractivity contribution < 1.29 is 23.8 Å². The van der Waals surface area contributed by atoms with Crippen LogP contribution in [0.2, 0.25) is 0 Å². The van der Waals surface area contributed by atoms with Crippen molar-refractivity contribution in [2.75, 3.05) is 26.4 Å². The van der Waals surface area contributed by atoms with Crippen LogP contribution in [0, 0.1) is 6.92 Å². The normalized spacial score (nSPS) is 12.1. The third kappa shape index (κ3) is 4.54. The fraction of sp³-hybridized carbons (Fsp3) is 0.556. The number of esters is 2. The molecule has 0 fully saturated rings. The molecule has 0 N–H and O–H groups in total. The molecule has 0 aliphatic heterocycles. The summed E-state index contributed by atoms with van der Waals surface area (Å²) in [7, 11) is 0. The monoisotopic (exact) mass is 396 g/mol. The first kappa shape index (κ1) is 21.0. The minimum Gasteiger partial charge on any atom is -0.462 e. The van der Waals surface area contributed by atoms with Crippen molar-refractivity contribution in [3.05, 3.63) is 27.1 Å². The van der Waals surface area contributed by atoms with Crippen molar-refractivity contribution in [3.63, 3.8) is 0 Å². The molecule has 27 heavy (non-hydrogen) atoms. The lowest BCUT2D eigenvalue weighted by molar-refractivity contribution is -0.149. The van der Waals surface area contributed by atoms with E-state index in [9.17, 15) is 14.4 Å². The Bertz CT molecular complexity index is 873. The number of carbonyl (C=O) groups is 2. The molecule has 1 unspecified atom stereocenters. The Morgan fingerprint density at radius 1 is 1.19 bits per heavy atom. The Morgan fingerprint density at radius 2 is 1.93 bits per heavy atom. The van der Waals surface area contributed by atoms with Crippen LogP contribution in [0.15, 0.2) is 11.1 Å². The molecule has 2 aromatic heterocycles. The van der Waals surface area contributed by atoms with Gasteiger partial charge in [0.05, 0.1) is 24.9 Å². The zero-order valence-corrected chi connectivity index (χ0v) is 16.8. The molecule has 0 bridgehead atoms. The number of thiophene rings is 1. The van der Waals surface area contributed by atoms with E-state index in [2.05, 4.69) is 4.98 Å². The average molecular weight is 396 g/mol. The topological polar surface area (TPSA) is 96.7 Å². The molecule has 9 heteroatoms. The molecule has 0 spiro atoms. The van der Waals surface area contributed by atoms with E-state index in [1.165, 1.54) is 10.9 Å². The second-order valence-corrected chi connectivity index (χ2v) is 6.70. The van der Waals surface area contributed by atoms with Gasteiger partial charge in [-0.1, -0.05) is 6.92 Å². The minimum absolute atomic E-state index is 0.123. The van der Waals surface area contributed by atoms with Crippen LogP contribution >= 0.6 is 11.3 Å². The quantitative estimate of drug-likeness (QED) is 0.474. The molecule has 2 aromatic rings. The van der Waals surface area contributed by atoms with Crippen LogP contribution in [0.3, 0.4) is 0 Å². The van der Waals surface area contributed by atoms with Crippen molar-refractivity contribution in [1.82, 2.24) is 9.55 Å². The number of aryl methyl sites for hydroxylation is 1. The summed E-state index contributed by atoms with van der Waals surface area (Å²) in [5.74, 6) is -0.995. The second-order valence-electron chi connectivity index (χ2n) is 5.70. The van der Waals surface area contributed by atoms with Crippen molar-refractivity contribution >= 4 is 33.5 Å². The van der Waals surface area contributed by atoms with E-state index in [4.69, 9.17) is 14.2 Å². The van der Waals surface area contributed by atoms with E-state index < -0.39 is 18.0 Å². The lowest BCUT2D eigenvalue weighted by Crippen LogP contribution is -2.31. The summed E-state index contributed by atoms with van der Waals surface area (Å²) in [5.41, 5.74) is 0.137. The van der Waals surface area contributed by atoms with E-state index >= 15 is 0 Å². The summed E-state index contributed by atoms with van der Waals surface area (Å²) in [6, 6.07) is -0.790. The van der Waals surface area contributed by atoms with E-state index in [1.54, 1.807) is 20.8 Å². The summed E-state index contributed by atoms with van der Waals surface area (Å²) < 4.78 is 16.6. The predicted octanol–water partition coefficient (Wildman–Crippen LogP) is 2.47. The van der Waals surface area contributed by atoms with Gasteiger partial charge < -0.3 is 14.2 Å². The molecule has 0 aromatic carbocycles. The van der Waals surface area contributed by atoms with Crippen LogP contribution in [0.1, 0.15) is 48.5 Å². The Kier molecular flexibility index (Phi) is 7.49. The first-order valence-corrected chi connectivity index (χ1v) is 9.69. The zero-order valence-electron chi connectivity index (χ0n) is 15.9. The SMILES string of the molecule is CCOCCOC(=O)C(CC)n1cnc2sc(C(=O)OCC)c(C)c2c1=O. The van der Waals surface area contributed by atoms with Crippen LogP contribution < -0.4 is 5.56 Å². The van der Waals surface area contributed by atoms with Gasteiger partial charge in [-0.2, -0.15) is 0 Å². The van der Waals surface area contributed by atoms with Gasteiger partial charge in [-0.15, -0.1) is 11.3 Å². The first-order valence-electron chi connectivity index (χ1n) is 8.87. The highest BCUT2D eigenvalue weighted by atomic mass is 32.1. The predicted molar refractivity (Wildman–Crippen MR) is 101 cm³/mol. The summed E-state index contributed by atoms with van der Waals surface area (Å²) in [6.07, 6.45) is 1.70. The Hall–Kier alpha value is -2.26. The highest BCUT2D eigenvalue weighted by Gasteiger charge is 2.25. The van der Waals surface area contributed by atoms with Crippen LogP contribution in [0.5, 0.6) is 0 Å². The number of nitrogens with zero attached hydrogens (tertiary/aromatic N) is 2. The van der Waals surface area contributed by atoms with Crippen LogP contribution in [-0.2, 0) is 19.0 Å². The number of ether oxygens (including phenoxy) is 3. The lowest BCUT2D eigenvalue weighted by atomic mass is 10.2. The maximum atomic E-state index is 13.0. The van der Waals surface area contributed by atoms with Crippen molar-refractivity contribution in [3.8, 4) is 0 Å². The van der Waals surface area contributed by atoms with Gasteiger partial charge in [-0.3, -0.25) is 9.36 Å². The van der Waals surface area contributed by atoms with Crippen molar-refractivity contribution in [2.24, 2.45) is 0 Å². The van der Waals surface area contributed by atoms with E-state index in [1.807, 2.05) is 6.92 Å². The number of hydrogen-bond acceptors (Lipinski definition) is 8. The summed E-state index contributed by atoms with van der Waals surface area (Å²) in [4.78, 5) is 42.5. The maximum absolute atomic E-state index is 13.0. The molecule has 0 saturated heterocycles. The molecular formula is C18H24N2O6S. The molecule has 2 rings (SSSR count). The number of aromatic nitrogens is 2. The number of carbonyl (C=O) groups excluding carboxylic acids is 2. The molecule has 0 radical (unpaired) electrons. The summed E-state index contributed by atoms with van der Waals surface area (Å²) >= 11 is 1.11. The van der Waals surface area contributed by atoms with E-state index in [0.717, 1.165) is 11.3 Å². The standard InChI is InChI=1S/C18H24N2O6S/c1-5-12(17(22)26-9-8-24-6-2)20-10-19-15-13(16(20)21)11(4)14(27-15)18(23)25-7-3/h10,12H,5-9H2,1-4H3. The number of fused-ring (bicyclic) bond motifs is 1. The Morgan fingerprint density at radius 3 is 2.56 bits per heavy atom. The second kappa shape index (κ2) is 9.61. The third-order valence-corrected chi connectivity index (χ3v) is 5.19. The van der Waals surface area contributed by atoms with E-state index in [0.29, 0.717) is 40.3 Å². The number of rotatable bonds is 9. The minimum atomic E-state index is -0.790. The summed E-state index contributed by atoms with van der Waals surface area (Å²) in [5, 5.41) is 0.325.